The summed E-state index contributed by atoms with van der Waals surface area (Å²) in [4.78, 5) is 54.5. The molecule has 0 saturated heterocycles. The van der Waals surface area contributed by atoms with Crippen molar-refractivity contribution < 1.29 is 146 Å². The molecule has 4 aromatic rings. The van der Waals surface area contributed by atoms with Gasteiger partial charge in [-0.2, -0.15) is 132 Å². The first-order valence-electron chi connectivity index (χ1n) is 16.6. The van der Waals surface area contributed by atoms with Crippen molar-refractivity contribution in [2.75, 3.05) is 13.1 Å². The van der Waals surface area contributed by atoms with Crippen LogP contribution >= 0.6 is 0 Å². The number of aromatic carboxylic acids is 1. The highest BCUT2D eigenvalue weighted by atomic mass is 19.4. The molecule has 39 heteroatoms. The zero-order chi connectivity index (χ0) is 55.6. The van der Waals surface area contributed by atoms with E-state index in [9.17, 15) is 156 Å². The number of carbonyl (C=O) groups is 2. The zero-order valence-corrected chi connectivity index (χ0v) is 31.6. The predicted molar refractivity (Wildman–Crippen MR) is 166 cm³/mol. The van der Waals surface area contributed by atoms with Crippen molar-refractivity contribution in [3.63, 3.8) is 0 Å². The first-order chi connectivity index (χ1) is 30.6. The standard InChI is InChI=1S/C31H12F30N4O5/c32-18(33,20(36,37)22(40,41)24(44,45)26(48,49)28(52,53)30(56,57)58)4-63-13(62)12-9(17(69)70)3-8(10-6-1-2-7(11(10)12)16(68)65-15(6)67)14(66)64-5-19(34,35)21(38,39)23(42,43)25(46,47)27(50,51)29(54,55)31(59,60)61/h1-3H,4-5H2,(H2,62,63)(H,64,66)(H,69,70)(H,65,67,68). The molecule has 0 spiro atoms. The van der Waals surface area contributed by atoms with E-state index in [-0.39, 0.29) is 6.07 Å². The SMILES string of the molecule is NC(=NCC(F)(F)C(F)(F)C(F)(F)C(F)(F)C(F)(F)C(F)(F)C(F)(F)F)c1c(C(=O)O)cc(C(=O)NCC(F)(F)C(F)(F)C(F)(F)C(F)(F)C(F)(F)C(F)(F)C(F)(F)F)c2c3ccc(c(=O)[nH]c3=O)c12. The molecule has 0 aliphatic carbocycles. The number of carbonyl (C=O) groups excluding carboxylic acids is 1. The van der Waals surface area contributed by atoms with Crippen LogP contribution in [0.3, 0.4) is 0 Å². The van der Waals surface area contributed by atoms with Crippen molar-refractivity contribution in [2.24, 2.45) is 10.7 Å². The van der Waals surface area contributed by atoms with Crippen LogP contribution in [0.25, 0.3) is 21.5 Å². The van der Waals surface area contributed by atoms with Crippen LogP contribution in [-0.2, 0) is 0 Å². The molecule has 2 aromatic heterocycles. The normalized spacial score (nSPS) is 15.5. The molecule has 0 radical (unpaired) electrons. The van der Waals surface area contributed by atoms with Gasteiger partial charge in [-0.15, -0.1) is 0 Å². The van der Waals surface area contributed by atoms with Gasteiger partial charge in [0.1, 0.15) is 12.4 Å². The van der Waals surface area contributed by atoms with Crippen molar-refractivity contribution in [1.29, 1.82) is 0 Å². The molecule has 396 valence electrons. The molecule has 9 nitrogen and oxygen atoms in total. The Morgan fingerprint density at radius 3 is 1.19 bits per heavy atom. The lowest BCUT2D eigenvalue weighted by Gasteiger charge is -2.41. The Balaban J connectivity index is 2.28. The zero-order valence-electron chi connectivity index (χ0n) is 31.6. The highest BCUT2D eigenvalue weighted by molar-refractivity contribution is 6.27. The van der Waals surface area contributed by atoms with Gasteiger partial charge in [-0.05, 0) is 18.2 Å². The van der Waals surface area contributed by atoms with Crippen molar-refractivity contribution in [3.8, 4) is 0 Å². The first kappa shape index (κ1) is 58.5. The highest BCUT2D eigenvalue weighted by Gasteiger charge is 2.95. The van der Waals surface area contributed by atoms with Crippen LogP contribution in [-0.4, -0.2) is 124 Å². The molecule has 0 saturated carbocycles. The molecule has 5 N–H and O–H groups in total. The maximum Gasteiger partial charge on any atom is 0.460 e. The van der Waals surface area contributed by atoms with Gasteiger partial charge < -0.3 is 16.2 Å². The van der Waals surface area contributed by atoms with E-state index in [2.05, 4.69) is 4.99 Å². The summed E-state index contributed by atoms with van der Waals surface area (Å²) in [6, 6.07) is 0.0835. The van der Waals surface area contributed by atoms with Gasteiger partial charge in [0.05, 0.1) is 12.1 Å². The fourth-order valence-electron chi connectivity index (χ4n) is 5.55. The average molecular weight is 1090 g/mol. The Morgan fingerprint density at radius 1 is 0.500 bits per heavy atom. The Morgan fingerprint density at radius 2 is 0.829 bits per heavy atom. The van der Waals surface area contributed by atoms with Gasteiger partial charge in [-0.3, -0.25) is 24.4 Å². The van der Waals surface area contributed by atoms with Crippen LogP contribution in [0.2, 0.25) is 0 Å². The number of amides is 1. The van der Waals surface area contributed by atoms with Gasteiger partial charge in [0.25, 0.3) is 17.0 Å². The van der Waals surface area contributed by atoms with Gasteiger partial charge in [-0.1, -0.05) is 0 Å². The lowest BCUT2D eigenvalue weighted by atomic mass is 9.89. The highest BCUT2D eigenvalue weighted by Crippen LogP contribution is 2.64. The summed E-state index contributed by atoms with van der Waals surface area (Å²) in [5, 5.41) is 4.03. The Hall–Kier alpha value is -5.85. The van der Waals surface area contributed by atoms with Gasteiger partial charge in [0.15, 0.2) is 0 Å². The largest absolute Gasteiger partial charge is 0.478 e. The number of nitrogens with zero attached hydrogens (tertiary/aromatic N) is 1. The molecule has 0 fully saturated rings. The van der Waals surface area contributed by atoms with E-state index < -0.39 is 170 Å². The summed E-state index contributed by atoms with van der Waals surface area (Å²) in [5.74, 6) is -108. The maximum atomic E-state index is 14.7. The summed E-state index contributed by atoms with van der Waals surface area (Å²) in [6.45, 7) is -7.47. The van der Waals surface area contributed by atoms with E-state index in [4.69, 9.17) is 5.73 Å². The lowest BCUT2D eigenvalue weighted by molar-refractivity contribution is -0.451. The van der Waals surface area contributed by atoms with Crippen LogP contribution in [0.4, 0.5) is 132 Å². The first-order valence-corrected chi connectivity index (χ1v) is 16.6. The third kappa shape index (κ3) is 7.93. The summed E-state index contributed by atoms with van der Waals surface area (Å²) in [5.41, 5.74) is -4.51. The molecule has 1 amide bonds. The molecule has 70 heavy (non-hydrogen) atoms. The molecular weight excluding hydrogens is 1080 g/mol. The minimum Gasteiger partial charge on any atom is -0.478 e. The monoisotopic (exact) mass is 1090 g/mol. The number of carboxylic acid groups (broad SMARTS) is 1. The summed E-state index contributed by atoms with van der Waals surface area (Å²) in [6.07, 6.45) is -16.0. The number of aliphatic imine (C=N–C) groups is 1. The van der Waals surface area contributed by atoms with E-state index >= 15 is 0 Å². The number of rotatable bonds is 17. The van der Waals surface area contributed by atoms with E-state index in [1.807, 2.05) is 0 Å². The number of amidine groups is 1. The van der Waals surface area contributed by atoms with Gasteiger partial charge in [-0.25, -0.2) is 4.79 Å². The second kappa shape index (κ2) is 16.3. The number of benzene rings is 2. The lowest BCUT2D eigenvalue weighted by Crippen LogP contribution is -2.73. The van der Waals surface area contributed by atoms with Gasteiger partial charge in [0.2, 0.25) is 0 Å². The smallest absolute Gasteiger partial charge is 0.460 e. The average Bonchev–Trinajstić information content (AvgIpc) is 3.39. The van der Waals surface area contributed by atoms with Crippen LogP contribution in [0, 0.1) is 0 Å². The van der Waals surface area contributed by atoms with E-state index in [1.54, 1.807) is 0 Å². The Labute approximate surface area is 359 Å². The predicted octanol–water partition coefficient (Wildman–Crippen LogP) is 9.36. The number of nitrogens with one attached hydrogen (secondary N) is 2. The van der Waals surface area contributed by atoms with Crippen LogP contribution in [0.15, 0.2) is 32.8 Å². The van der Waals surface area contributed by atoms with Crippen LogP contribution < -0.4 is 22.2 Å². The number of aromatic amines is 1. The summed E-state index contributed by atoms with van der Waals surface area (Å²) >= 11 is 0. The number of halogens is 30. The fraction of sp³-hybridized carbons (Fsp3) is 0.516. The second-order valence-electron chi connectivity index (χ2n) is 13.9. The topological polar surface area (TPSA) is 155 Å². The van der Waals surface area contributed by atoms with Gasteiger partial charge in [0, 0.05) is 32.7 Å². The number of H-pyrrole nitrogens is 1. The second-order valence-corrected chi connectivity index (χ2v) is 13.9. The van der Waals surface area contributed by atoms with Gasteiger partial charge >= 0.3 is 89.4 Å². The number of aromatic nitrogens is 1. The summed E-state index contributed by atoms with van der Waals surface area (Å²) in [7, 11) is 0. The Kier molecular flexibility index (Phi) is 13.7. The van der Waals surface area contributed by atoms with Crippen LogP contribution in [0.1, 0.15) is 26.3 Å². The number of hydrogen-bond donors (Lipinski definition) is 4. The number of fused-ring (bicyclic) bond motifs is 3. The third-order valence-corrected chi connectivity index (χ3v) is 9.43. The third-order valence-electron chi connectivity index (χ3n) is 9.43. The molecule has 0 aliphatic heterocycles. The van der Waals surface area contributed by atoms with Crippen LogP contribution in [0.5, 0.6) is 0 Å². The molecule has 2 heterocycles. The number of carboxylic acids is 1. The molecule has 2 aromatic carbocycles. The van der Waals surface area contributed by atoms with Crippen molar-refractivity contribution in [2.45, 2.75) is 83.4 Å². The number of hydrogen-bond acceptors (Lipinski definition) is 5. The Bertz CT molecular complexity index is 2700. The minimum absolute atomic E-state index is 0.277. The number of nitrogens with two attached hydrogens (primary N) is 1. The molecular formula is C31H12F30N4O5. The molecule has 0 aliphatic rings. The molecule has 2 bridgehead atoms. The minimum atomic E-state index is -8.84. The van der Waals surface area contributed by atoms with E-state index in [1.165, 1.54) is 4.98 Å². The van der Waals surface area contributed by atoms with Crippen molar-refractivity contribution in [1.82, 2.24) is 10.3 Å². The van der Waals surface area contributed by atoms with E-state index in [0.29, 0.717) is 11.4 Å². The maximum absolute atomic E-state index is 14.7. The molecule has 0 unspecified atom stereocenters. The number of alkyl halides is 30. The van der Waals surface area contributed by atoms with E-state index in [0.717, 1.165) is 0 Å². The van der Waals surface area contributed by atoms with Crippen molar-refractivity contribution >= 4 is 39.3 Å². The fourth-order valence-corrected chi connectivity index (χ4v) is 5.55. The quantitative estimate of drug-likeness (QED) is 0.0601. The molecule has 0 atom stereocenters. The molecule has 4 rings (SSSR count). The van der Waals surface area contributed by atoms with Crippen molar-refractivity contribution in [3.05, 3.63) is 55.6 Å². The summed E-state index contributed by atoms with van der Waals surface area (Å²) < 4.78 is 410.